The van der Waals surface area contributed by atoms with Gasteiger partial charge in [-0.05, 0) is 42.5 Å². The van der Waals surface area contributed by atoms with Crippen molar-refractivity contribution in [1.29, 1.82) is 0 Å². The molecule has 0 saturated heterocycles. The van der Waals surface area contributed by atoms with Gasteiger partial charge >= 0.3 is 0 Å². The minimum Gasteiger partial charge on any atom is -0.270 e. The maximum absolute atomic E-state index is 6.19. The molecule has 22 heavy (non-hydrogen) atoms. The van der Waals surface area contributed by atoms with Crippen LogP contribution in [0.4, 0.5) is 0 Å². The van der Waals surface area contributed by atoms with E-state index in [9.17, 15) is 0 Å². The highest BCUT2D eigenvalue weighted by molar-refractivity contribution is 7.99. The van der Waals surface area contributed by atoms with Gasteiger partial charge in [0.15, 0.2) is 11.0 Å². The summed E-state index contributed by atoms with van der Waals surface area (Å²) in [7, 11) is 0. The molecule has 4 nitrogen and oxygen atoms in total. The van der Waals surface area contributed by atoms with Crippen LogP contribution in [-0.4, -0.2) is 25.5 Å². The van der Waals surface area contributed by atoms with E-state index < -0.39 is 0 Å². The van der Waals surface area contributed by atoms with Crippen LogP contribution in [0.25, 0.3) is 17.1 Å². The second-order valence-corrected chi connectivity index (χ2v) is 6.41. The van der Waals surface area contributed by atoms with Crippen LogP contribution >= 0.6 is 23.4 Å². The maximum Gasteiger partial charge on any atom is 0.196 e. The molecule has 0 aliphatic heterocycles. The number of hydrogen-bond donors (Lipinski definition) is 0. The quantitative estimate of drug-likeness (QED) is 0.665. The lowest BCUT2D eigenvalue weighted by atomic mass is 10.2. The largest absolute Gasteiger partial charge is 0.270 e. The lowest BCUT2D eigenvalue weighted by molar-refractivity contribution is 0.881. The van der Waals surface area contributed by atoms with Crippen molar-refractivity contribution >= 4 is 23.4 Å². The van der Waals surface area contributed by atoms with Crippen molar-refractivity contribution in [2.75, 3.05) is 5.75 Å². The maximum atomic E-state index is 6.19. The van der Waals surface area contributed by atoms with Crippen LogP contribution in [0.1, 0.15) is 12.5 Å². The van der Waals surface area contributed by atoms with Crippen LogP contribution in [0.5, 0.6) is 0 Å². The fraction of sp³-hybridized carbons (Fsp3) is 0.188. The fourth-order valence-corrected chi connectivity index (χ4v) is 3.05. The van der Waals surface area contributed by atoms with E-state index in [0.717, 1.165) is 33.5 Å². The summed E-state index contributed by atoms with van der Waals surface area (Å²) in [6, 6.07) is 9.71. The topological polar surface area (TPSA) is 43.6 Å². The number of rotatable bonds is 4. The second kappa shape index (κ2) is 6.50. The number of hydrogen-bond acceptors (Lipinski definition) is 4. The number of thioether (sulfide) groups is 1. The van der Waals surface area contributed by atoms with E-state index in [2.05, 4.69) is 29.0 Å². The highest BCUT2D eigenvalue weighted by Gasteiger charge is 2.17. The average molecular weight is 331 g/mol. The van der Waals surface area contributed by atoms with E-state index in [4.69, 9.17) is 11.6 Å². The molecule has 0 radical (unpaired) electrons. The molecule has 3 aromatic rings. The first-order valence-electron chi connectivity index (χ1n) is 6.96. The highest BCUT2D eigenvalue weighted by atomic mass is 35.5. The minimum absolute atomic E-state index is 0.693. The molecule has 0 spiro atoms. The second-order valence-electron chi connectivity index (χ2n) is 4.75. The van der Waals surface area contributed by atoms with E-state index >= 15 is 0 Å². The first-order chi connectivity index (χ1) is 10.7. The van der Waals surface area contributed by atoms with Gasteiger partial charge in [-0.25, -0.2) is 0 Å². The Morgan fingerprint density at radius 1 is 1.23 bits per heavy atom. The van der Waals surface area contributed by atoms with E-state index in [1.807, 2.05) is 34.9 Å². The van der Waals surface area contributed by atoms with Gasteiger partial charge in [0, 0.05) is 23.0 Å². The molecule has 0 saturated carbocycles. The summed E-state index contributed by atoms with van der Waals surface area (Å²) in [5, 5.41) is 10.2. The molecule has 3 rings (SSSR count). The first-order valence-corrected chi connectivity index (χ1v) is 8.32. The lowest BCUT2D eigenvalue weighted by Crippen LogP contribution is -2.02. The van der Waals surface area contributed by atoms with Crippen LogP contribution in [0.3, 0.4) is 0 Å². The smallest absolute Gasteiger partial charge is 0.196 e. The Balaban J connectivity index is 2.24. The van der Waals surface area contributed by atoms with Crippen molar-refractivity contribution in [3.63, 3.8) is 0 Å². The number of aryl methyl sites for hydroxylation is 1. The van der Waals surface area contributed by atoms with Crippen molar-refractivity contribution in [2.45, 2.75) is 19.0 Å². The van der Waals surface area contributed by atoms with Gasteiger partial charge in [-0.15, -0.1) is 10.2 Å². The van der Waals surface area contributed by atoms with Crippen molar-refractivity contribution < 1.29 is 0 Å². The molecule has 6 heteroatoms. The third kappa shape index (κ3) is 2.87. The van der Waals surface area contributed by atoms with E-state index in [1.165, 1.54) is 0 Å². The fourth-order valence-electron chi connectivity index (χ4n) is 2.22. The zero-order valence-corrected chi connectivity index (χ0v) is 13.9. The summed E-state index contributed by atoms with van der Waals surface area (Å²) in [4.78, 5) is 4.18. The van der Waals surface area contributed by atoms with Crippen molar-refractivity contribution in [1.82, 2.24) is 19.7 Å². The third-order valence-electron chi connectivity index (χ3n) is 3.24. The lowest BCUT2D eigenvalue weighted by Gasteiger charge is -2.13. The van der Waals surface area contributed by atoms with E-state index in [-0.39, 0.29) is 0 Å². The van der Waals surface area contributed by atoms with Crippen LogP contribution < -0.4 is 0 Å². The minimum atomic E-state index is 0.693. The molecule has 0 aliphatic carbocycles. The molecule has 112 valence electrons. The molecular formula is C16H15ClN4S. The Morgan fingerprint density at radius 3 is 2.82 bits per heavy atom. The van der Waals surface area contributed by atoms with Gasteiger partial charge in [0.2, 0.25) is 0 Å². The summed E-state index contributed by atoms with van der Waals surface area (Å²) < 4.78 is 2.05. The predicted octanol–water partition coefficient (Wildman–Crippen LogP) is 4.40. The van der Waals surface area contributed by atoms with Crippen molar-refractivity contribution in [3.05, 3.63) is 53.3 Å². The van der Waals surface area contributed by atoms with Crippen molar-refractivity contribution in [3.8, 4) is 17.1 Å². The monoisotopic (exact) mass is 330 g/mol. The van der Waals surface area contributed by atoms with E-state index in [0.29, 0.717) is 5.02 Å². The number of aromatic nitrogens is 4. The van der Waals surface area contributed by atoms with Gasteiger partial charge in [-0.1, -0.05) is 36.4 Å². The Morgan fingerprint density at radius 2 is 2.09 bits per heavy atom. The Kier molecular flexibility index (Phi) is 4.45. The van der Waals surface area contributed by atoms with E-state index in [1.54, 1.807) is 24.2 Å². The molecule has 2 heterocycles. The summed E-state index contributed by atoms with van der Waals surface area (Å²) >= 11 is 7.84. The molecule has 2 aromatic heterocycles. The molecule has 0 atom stereocenters. The first kappa shape index (κ1) is 15.1. The molecule has 0 fully saturated rings. The molecule has 0 bridgehead atoms. The molecule has 0 N–H and O–H groups in total. The Bertz CT molecular complexity index is 786. The van der Waals surface area contributed by atoms with Gasteiger partial charge in [-0.2, -0.15) is 0 Å². The molecule has 1 aromatic carbocycles. The third-order valence-corrected chi connectivity index (χ3v) is 4.28. The summed E-state index contributed by atoms with van der Waals surface area (Å²) in [6.45, 7) is 4.15. The van der Waals surface area contributed by atoms with Gasteiger partial charge in [-0.3, -0.25) is 9.55 Å². The molecule has 0 amide bonds. The van der Waals surface area contributed by atoms with Gasteiger partial charge in [0.1, 0.15) is 0 Å². The van der Waals surface area contributed by atoms with Crippen LogP contribution in [0.2, 0.25) is 5.02 Å². The average Bonchev–Trinajstić information content (AvgIpc) is 2.94. The van der Waals surface area contributed by atoms with Gasteiger partial charge in [0.25, 0.3) is 0 Å². The number of halogens is 1. The van der Waals surface area contributed by atoms with Gasteiger partial charge < -0.3 is 0 Å². The standard InChI is InChI=1S/C16H15ClN4S/c1-3-22-16-20-19-15(12-5-4-8-18-10-12)21(16)14-9-13(17)7-6-11(14)2/h4-10H,3H2,1-2H3. The Hall–Kier alpha value is -1.85. The zero-order valence-electron chi connectivity index (χ0n) is 12.3. The summed E-state index contributed by atoms with van der Waals surface area (Å²) in [6.07, 6.45) is 3.54. The zero-order chi connectivity index (χ0) is 15.5. The molecule has 0 unspecified atom stereocenters. The van der Waals surface area contributed by atoms with Crippen LogP contribution in [0, 0.1) is 6.92 Å². The number of benzene rings is 1. The van der Waals surface area contributed by atoms with Gasteiger partial charge in [0.05, 0.1) is 5.69 Å². The number of nitrogens with zero attached hydrogens (tertiary/aromatic N) is 4. The normalized spacial score (nSPS) is 10.9. The molecular weight excluding hydrogens is 316 g/mol. The van der Waals surface area contributed by atoms with Crippen molar-refractivity contribution in [2.24, 2.45) is 0 Å². The number of pyridine rings is 1. The Labute approximate surface area is 138 Å². The SMILES string of the molecule is CCSc1nnc(-c2cccnc2)n1-c1cc(Cl)ccc1C. The molecule has 0 aliphatic rings. The summed E-state index contributed by atoms with van der Waals surface area (Å²) in [5.41, 5.74) is 3.04. The predicted molar refractivity (Wildman–Crippen MR) is 90.7 cm³/mol. The summed E-state index contributed by atoms with van der Waals surface area (Å²) in [5.74, 6) is 1.69. The van der Waals surface area contributed by atoms with Crippen LogP contribution in [-0.2, 0) is 0 Å². The van der Waals surface area contributed by atoms with Crippen LogP contribution in [0.15, 0.2) is 47.9 Å². The highest BCUT2D eigenvalue weighted by Crippen LogP contribution is 2.30.